The van der Waals surface area contributed by atoms with Gasteiger partial charge in [0.15, 0.2) is 5.69 Å². The lowest BCUT2D eigenvalue weighted by Gasteiger charge is -2.41. The van der Waals surface area contributed by atoms with Gasteiger partial charge in [0.2, 0.25) is 0 Å². The van der Waals surface area contributed by atoms with Gasteiger partial charge in [-0.3, -0.25) is 0 Å². The summed E-state index contributed by atoms with van der Waals surface area (Å²) in [5.41, 5.74) is 1.18. The molecule has 0 spiro atoms. The molecule has 1 aromatic heterocycles. The molecule has 25 heavy (non-hydrogen) atoms. The molecule has 0 atom stereocenters. The third kappa shape index (κ3) is 3.94. The van der Waals surface area contributed by atoms with Crippen molar-refractivity contribution in [2.75, 3.05) is 13.1 Å². The lowest BCUT2D eigenvalue weighted by atomic mass is 9.90. The zero-order valence-electron chi connectivity index (χ0n) is 14.0. The number of aromatic nitrogens is 3. The summed E-state index contributed by atoms with van der Waals surface area (Å²) in [6.45, 7) is 2.31. The van der Waals surface area contributed by atoms with Gasteiger partial charge in [-0.25, -0.2) is 4.68 Å². The molecule has 2 aliphatic rings. The van der Waals surface area contributed by atoms with Crippen LogP contribution in [0.5, 0.6) is 5.75 Å². The quantitative estimate of drug-likeness (QED) is 0.839. The Balaban J connectivity index is 0.00000182. The summed E-state index contributed by atoms with van der Waals surface area (Å²) in [6, 6.07) is 10.6. The van der Waals surface area contributed by atoms with Crippen LogP contribution in [0.15, 0.2) is 30.5 Å². The molecule has 2 aromatic rings. The molecule has 132 valence electrons. The predicted octanol–water partition coefficient (Wildman–Crippen LogP) is 2.96. The monoisotopic (exact) mass is 359 g/mol. The van der Waals surface area contributed by atoms with E-state index >= 15 is 0 Å². The molecule has 1 saturated heterocycles. The van der Waals surface area contributed by atoms with E-state index in [-0.39, 0.29) is 12.4 Å². The predicted molar refractivity (Wildman–Crippen MR) is 96.2 cm³/mol. The number of halogens is 1. The Bertz CT molecular complexity index is 727. The smallest absolute Gasteiger partial charge is 0.183 e. The van der Waals surface area contributed by atoms with Gasteiger partial charge in [0.25, 0.3) is 0 Å². The fourth-order valence-electron chi connectivity index (χ4n) is 3.42. The minimum absolute atomic E-state index is 0. The molecule has 4 rings (SSSR count). The topological polar surface area (TPSA) is 67.0 Å². The van der Waals surface area contributed by atoms with Crippen LogP contribution < -0.4 is 4.74 Å². The van der Waals surface area contributed by atoms with E-state index in [0.29, 0.717) is 11.8 Å². The Morgan fingerprint density at radius 3 is 2.36 bits per heavy atom. The number of likely N-dealkylation sites (tertiary alicyclic amines) is 1. The van der Waals surface area contributed by atoms with Crippen LogP contribution in [0.4, 0.5) is 0 Å². The van der Waals surface area contributed by atoms with Crippen molar-refractivity contribution < 1.29 is 4.74 Å². The molecule has 0 bridgehead atoms. The Labute approximate surface area is 153 Å². The van der Waals surface area contributed by atoms with E-state index < -0.39 is 0 Å². The van der Waals surface area contributed by atoms with Crippen molar-refractivity contribution in [1.29, 1.82) is 5.26 Å². The third-order valence-electron chi connectivity index (χ3n) is 5.08. The maximum atomic E-state index is 8.81. The van der Waals surface area contributed by atoms with Crippen molar-refractivity contribution in [3.05, 3.63) is 36.2 Å². The third-order valence-corrected chi connectivity index (χ3v) is 5.08. The molecule has 0 unspecified atom stereocenters. The first-order chi connectivity index (χ1) is 11.8. The van der Waals surface area contributed by atoms with Crippen molar-refractivity contribution >= 4 is 12.4 Å². The maximum Gasteiger partial charge on any atom is 0.183 e. The molecule has 7 heteroatoms. The van der Waals surface area contributed by atoms with E-state index in [9.17, 15) is 0 Å². The molecule has 1 aliphatic heterocycles. The second-order valence-electron chi connectivity index (χ2n) is 6.59. The zero-order chi connectivity index (χ0) is 16.4. The van der Waals surface area contributed by atoms with Crippen molar-refractivity contribution in [2.45, 2.75) is 44.2 Å². The van der Waals surface area contributed by atoms with E-state index in [4.69, 9.17) is 10.00 Å². The molecule has 0 N–H and O–H groups in total. The minimum Gasteiger partial charge on any atom is -0.490 e. The average Bonchev–Trinajstić information content (AvgIpc) is 3.05. The highest BCUT2D eigenvalue weighted by molar-refractivity contribution is 5.85. The SMILES string of the molecule is Cl.N#Cc1cn(-c2ccc(OC3CCN(C4CCC4)CC3)cc2)nn1. The van der Waals surface area contributed by atoms with Gasteiger partial charge in [0.1, 0.15) is 17.9 Å². The molecule has 2 heterocycles. The van der Waals surface area contributed by atoms with Gasteiger partial charge < -0.3 is 9.64 Å². The average molecular weight is 360 g/mol. The number of ether oxygens (including phenoxy) is 1. The molecule has 0 amide bonds. The summed E-state index contributed by atoms with van der Waals surface area (Å²) < 4.78 is 7.72. The summed E-state index contributed by atoms with van der Waals surface area (Å²) in [4.78, 5) is 2.63. The first-order valence-corrected chi connectivity index (χ1v) is 8.65. The number of nitriles is 1. The van der Waals surface area contributed by atoms with E-state index in [0.717, 1.165) is 43.4 Å². The number of piperidine rings is 1. The molecular formula is C18H22ClN5O. The van der Waals surface area contributed by atoms with Crippen LogP contribution >= 0.6 is 12.4 Å². The highest BCUT2D eigenvalue weighted by Crippen LogP contribution is 2.28. The summed E-state index contributed by atoms with van der Waals surface area (Å²) >= 11 is 0. The van der Waals surface area contributed by atoms with Crippen molar-refractivity contribution in [1.82, 2.24) is 19.9 Å². The first kappa shape index (κ1) is 17.7. The fourth-order valence-corrected chi connectivity index (χ4v) is 3.42. The number of nitrogens with zero attached hydrogens (tertiary/aromatic N) is 5. The Hall–Kier alpha value is -2.10. The van der Waals surface area contributed by atoms with Gasteiger partial charge in [-0.2, -0.15) is 5.26 Å². The number of hydrogen-bond acceptors (Lipinski definition) is 5. The summed E-state index contributed by atoms with van der Waals surface area (Å²) in [7, 11) is 0. The minimum atomic E-state index is 0. The number of benzene rings is 1. The van der Waals surface area contributed by atoms with Crippen LogP contribution in [0.2, 0.25) is 0 Å². The van der Waals surface area contributed by atoms with Crippen LogP contribution in [0, 0.1) is 11.3 Å². The van der Waals surface area contributed by atoms with Gasteiger partial charge in [-0.1, -0.05) is 11.6 Å². The fraction of sp³-hybridized carbons (Fsp3) is 0.500. The maximum absolute atomic E-state index is 8.81. The van der Waals surface area contributed by atoms with E-state index in [1.807, 2.05) is 30.3 Å². The molecule has 0 radical (unpaired) electrons. The van der Waals surface area contributed by atoms with Crippen LogP contribution in [0.3, 0.4) is 0 Å². The molecule has 1 aliphatic carbocycles. The summed E-state index contributed by atoms with van der Waals surface area (Å²) in [6.07, 6.45) is 8.29. The van der Waals surface area contributed by atoms with Gasteiger partial charge in [-0.05, 0) is 49.9 Å². The Morgan fingerprint density at radius 1 is 1.08 bits per heavy atom. The van der Waals surface area contributed by atoms with Crippen LogP contribution in [0.25, 0.3) is 5.69 Å². The normalized spacial score (nSPS) is 18.8. The second-order valence-corrected chi connectivity index (χ2v) is 6.59. The molecule has 2 fully saturated rings. The van der Waals surface area contributed by atoms with Crippen LogP contribution in [0.1, 0.15) is 37.8 Å². The summed E-state index contributed by atoms with van der Waals surface area (Å²) in [5.74, 6) is 0.890. The van der Waals surface area contributed by atoms with Gasteiger partial charge in [0, 0.05) is 19.1 Å². The van der Waals surface area contributed by atoms with Gasteiger partial charge >= 0.3 is 0 Å². The highest BCUT2D eigenvalue weighted by Gasteiger charge is 2.29. The molecule has 1 aromatic carbocycles. The van der Waals surface area contributed by atoms with Crippen molar-refractivity contribution in [3.8, 4) is 17.5 Å². The number of hydrogen-bond donors (Lipinski definition) is 0. The largest absolute Gasteiger partial charge is 0.490 e. The van der Waals surface area contributed by atoms with E-state index in [1.54, 1.807) is 10.9 Å². The van der Waals surface area contributed by atoms with Crippen molar-refractivity contribution in [2.24, 2.45) is 0 Å². The standard InChI is InChI=1S/C18H21N5O.ClH/c19-12-14-13-23(21-20-14)16-4-6-17(7-5-16)24-18-8-10-22(11-9-18)15-2-1-3-15;/h4-7,13,15,18H,1-3,8-11H2;1H. The first-order valence-electron chi connectivity index (χ1n) is 8.65. The summed E-state index contributed by atoms with van der Waals surface area (Å²) in [5, 5.41) is 16.5. The van der Waals surface area contributed by atoms with E-state index in [1.165, 1.54) is 19.3 Å². The Kier molecular flexibility index (Phi) is 5.57. The van der Waals surface area contributed by atoms with Crippen molar-refractivity contribution in [3.63, 3.8) is 0 Å². The zero-order valence-corrected chi connectivity index (χ0v) is 14.9. The van der Waals surface area contributed by atoms with Crippen LogP contribution in [-0.2, 0) is 0 Å². The molecule has 6 nitrogen and oxygen atoms in total. The lowest BCUT2D eigenvalue weighted by molar-refractivity contribution is 0.0493. The Morgan fingerprint density at radius 2 is 1.80 bits per heavy atom. The second kappa shape index (κ2) is 7.85. The van der Waals surface area contributed by atoms with Gasteiger partial charge in [-0.15, -0.1) is 17.5 Å². The lowest BCUT2D eigenvalue weighted by Crippen LogP contribution is -2.46. The molecule has 1 saturated carbocycles. The number of rotatable bonds is 4. The highest BCUT2D eigenvalue weighted by atomic mass is 35.5. The molecular weight excluding hydrogens is 338 g/mol. The van der Waals surface area contributed by atoms with E-state index in [2.05, 4.69) is 15.2 Å². The van der Waals surface area contributed by atoms with Gasteiger partial charge in [0.05, 0.1) is 11.9 Å². The van der Waals surface area contributed by atoms with Crippen LogP contribution in [-0.4, -0.2) is 45.1 Å².